The van der Waals surface area contributed by atoms with E-state index in [0.717, 1.165) is 40.1 Å². The van der Waals surface area contributed by atoms with Gasteiger partial charge in [0.1, 0.15) is 5.82 Å². The molecule has 126 valence electrons. The van der Waals surface area contributed by atoms with Crippen LogP contribution in [0.15, 0.2) is 34.9 Å². The Labute approximate surface area is 149 Å². The van der Waals surface area contributed by atoms with E-state index in [1.54, 1.807) is 23.5 Å². The van der Waals surface area contributed by atoms with E-state index in [-0.39, 0.29) is 18.2 Å². The molecule has 4 nitrogen and oxygen atoms in total. The number of halogens is 2. The zero-order valence-corrected chi connectivity index (χ0v) is 14.7. The molecule has 2 aromatic heterocycles. The van der Waals surface area contributed by atoms with Crippen molar-refractivity contribution in [3.8, 4) is 21.9 Å². The molecular formula is C17H17ClFN3OS. The van der Waals surface area contributed by atoms with Gasteiger partial charge in [-0.2, -0.15) is 4.98 Å². The Bertz CT molecular complexity index is 855. The Kier molecular flexibility index (Phi) is 4.46. The van der Waals surface area contributed by atoms with Crippen LogP contribution in [0.25, 0.3) is 21.9 Å². The maximum Gasteiger partial charge on any atom is 0.268 e. The maximum atomic E-state index is 13.1. The number of nitrogens with zero attached hydrogens (tertiary/aromatic N) is 2. The van der Waals surface area contributed by atoms with Crippen LogP contribution in [0.5, 0.6) is 0 Å². The zero-order chi connectivity index (χ0) is 16.0. The van der Waals surface area contributed by atoms with E-state index < -0.39 is 5.54 Å². The molecule has 0 atom stereocenters. The van der Waals surface area contributed by atoms with Crippen LogP contribution < -0.4 is 5.73 Å². The van der Waals surface area contributed by atoms with Crippen molar-refractivity contribution >= 4 is 23.7 Å². The smallest absolute Gasteiger partial charge is 0.268 e. The maximum absolute atomic E-state index is 13.1. The lowest BCUT2D eigenvalue weighted by Gasteiger charge is -2.34. The zero-order valence-electron chi connectivity index (χ0n) is 13.1. The fraction of sp³-hybridized carbons (Fsp3) is 0.294. The van der Waals surface area contributed by atoms with Crippen LogP contribution in [-0.4, -0.2) is 10.1 Å². The van der Waals surface area contributed by atoms with Crippen molar-refractivity contribution in [2.24, 2.45) is 5.73 Å². The summed E-state index contributed by atoms with van der Waals surface area (Å²) >= 11 is 1.59. The molecule has 7 heteroatoms. The summed E-state index contributed by atoms with van der Waals surface area (Å²) < 4.78 is 18.5. The summed E-state index contributed by atoms with van der Waals surface area (Å²) in [5.74, 6) is 0.850. The molecule has 0 aliphatic heterocycles. The first-order valence-electron chi connectivity index (χ1n) is 7.55. The van der Waals surface area contributed by atoms with Gasteiger partial charge in [0.05, 0.1) is 10.4 Å². The average molecular weight is 366 g/mol. The lowest BCUT2D eigenvalue weighted by atomic mass is 9.77. The fourth-order valence-electron chi connectivity index (χ4n) is 2.81. The van der Waals surface area contributed by atoms with Gasteiger partial charge >= 0.3 is 0 Å². The normalized spacial score (nSPS) is 15.6. The summed E-state index contributed by atoms with van der Waals surface area (Å²) in [7, 11) is 0. The molecule has 0 unspecified atom stereocenters. The first-order chi connectivity index (χ1) is 11.0. The van der Waals surface area contributed by atoms with E-state index in [4.69, 9.17) is 10.3 Å². The van der Waals surface area contributed by atoms with Gasteiger partial charge in [0.25, 0.3) is 5.89 Å². The summed E-state index contributed by atoms with van der Waals surface area (Å²) in [6, 6.07) is 8.49. The number of thiophene rings is 1. The van der Waals surface area contributed by atoms with Crippen LogP contribution >= 0.6 is 23.7 Å². The number of hydrogen-bond acceptors (Lipinski definition) is 5. The fourth-order valence-corrected chi connectivity index (χ4v) is 3.77. The summed E-state index contributed by atoms with van der Waals surface area (Å²) in [5.41, 5.74) is 7.84. The summed E-state index contributed by atoms with van der Waals surface area (Å²) in [4.78, 5) is 6.51. The van der Waals surface area contributed by atoms with Crippen molar-refractivity contribution in [3.63, 3.8) is 0 Å². The average Bonchev–Trinajstić information content (AvgIpc) is 3.13. The van der Waals surface area contributed by atoms with E-state index in [2.05, 4.69) is 10.1 Å². The number of benzene rings is 1. The van der Waals surface area contributed by atoms with Crippen molar-refractivity contribution in [1.82, 2.24) is 10.1 Å². The predicted octanol–water partition coefficient (Wildman–Crippen LogP) is 4.67. The van der Waals surface area contributed by atoms with Crippen LogP contribution in [0, 0.1) is 12.7 Å². The Hall–Kier alpha value is -1.76. The van der Waals surface area contributed by atoms with Crippen molar-refractivity contribution in [2.75, 3.05) is 0 Å². The van der Waals surface area contributed by atoms with E-state index in [1.807, 2.05) is 13.0 Å². The number of nitrogens with two attached hydrogens (primary N) is 1. The number of aryl methyl sites for hydroxylation is 1. The summed E-state index contributed by atoms with van der Waals surface area (Å²) in [6.45, 7) is 2.03. The molecule has 0 bridgehead atoms. The van der Waals surface area contributed by atoms with Gasteiger partial charge in [-0.1, -0.05) is 17.3 Å². The molecule has 2 heterocycles. The van der Waals surface area contributed by atoms with Crippen LogP contribution in [0.3, 0.4) is 0 Å². The highest BCUT2D eigenvalue weighted by Gasteiger charge is 2.39. The number of rotatable bonds is 3. The topological polar surface area (TPSA) is 64.9 Å². The summed E-state index contributed by atoms with van der Waals surface area (Å²) in [6.07, 6.45) is 2.90. The van der Waals surface area contributed by atoms with Gasteiger partial charge in [-0.05, 0) is 55.5 Å². The Balaban J connectivity index is 0.00000169. The van der Waals surface area contributed by atoms with Crippen LogP contribution in [0.4, 0.5) is 4.39 Å². The molecule has 0 amide bonds. The van der Waals surface area contributed by atoms with Crippen molar-refractivity contribution in [2.45, 2.75) is 31.7 Å². The molecule has 1 aliphatic carbocycles. The minimum absolute atomic E-state index is 0. The van der Waals surface area contributed by atoms with Gasteiger partial charge in [0, 0.05) is 4.88 Å². The van der Waals surface area contributed by atoms with Crippen LogP contribution in [-0.2, 0) is 5.54 Å². The molecule has 1 fully saturated rings. The summed E-state index contributed by atoms with van der Waals surface area (Å²) in [5, 5.41) is 4.06. The third-order valence-corrected chi connectivity index (χ3v) is 5.44. The quantitative estimate of drug-likeness (QED) is 0.732. The Morgan fingerprint density at radius 2 is 1.96 bits per heavy atom. The van der Waals surface area contributed by atoms with E-state index >= 15 is 0 Å². The lowest BCUT2D eigenvalue weighted by molar-refractivity contribution is 0.229. The molecule has 3 aromatic rings. The standard InChI is InChI=1S/C17H16FN3OS.ClH/c1-10-13(11-3-5-12(18)6-4-11)9-14(23-10)15-20-16(21-22-15)17(19)7-2-8-17;/h3-6,9H,2,7-8,19H2,1H3;1H. The van der Waals surface area contributed by atoms with Gasteiger partial charge in [-0.3, -0.25) is 0 Å². The molecule has 0 saturated heterocycles. The minimum Gasteiger partial charge on any atom is -0.333 e. The third-order valence-electron chi connectivity index (χ3n) is 4.40. The van der Waals surface area contributed by atoms with Gasteiger partial charge < -0.3 is 10.3 Å². The van der Waals surface area contributed by atoms with Gasteiger partial charge in [-0.25, -0.2) is 4.39 Å². The van der Waals surface area contributed by atoms with Crippen LogP contribution in [0.2, 0.25) is 0 Å². The molecule has 1 aromatic carbocycles. The van der Waals surface area contributed by atoms with E-state index in [1.165, 1.54) is 12.1 Å². The SMILES string of the molecule is Cc1sc(-c2nc(C3(N)CCC3)no2)cc1-c1ccc(F)cc1.Cl. The second-order valence-electron chi connectivity index (χ2n) is 6.02. The van der Waals surface area contributed by atoms with Gasteiger partial charge in [-0.15, -0.1) is 23.7 Å². The van der Waals surface area contributed by atoms with Crippen molar-refractivity contribution in [1.29, 1.82) is 0 Å². The van der Waals surface area contributed by atoms with Crippen LogP contribution in [0.1, 0.15) is 30.0 Å². The number of hydrogen-bond donors (Lipinski definition) is 1. The van der Waals surface area contributed by atoms with E-state index in [0.29, 0.717) is 11.7 Å². The largest absolute Gasteiger partial charge is 0.333 e. The van der Waals surface area contributed by atoms with Crippen molar-refractivity contribution < 1.29 is 8.91 Å². The highest BCUT2D eigenvalue weighted by molar-refractivity contribution is 7.15. The molecule has 2 N–H and O–H groups in total. The predicted molar refractivity (Wildman–Crippen MR) is 94.7 cm³/mol. The van der Waals surface area contributed by atoms with Gasteiger partial charge in [0.2, 0.25) is 0 Å². The molecule has 1 aliphatic rings. The third kappa shape index (κ3) is 2.85. The molecule has 4 rings (SSSR count). The highest BCUT2D eigenvalue weighted by atomic mass is 35.5. The van der Waals surface area contributed by atoms with E-state index in [9.17, 15) is 4.39 Å². The second kappa shape index (κ2) is 6.27. The minimum atomic E-state index is -0.423. The van der Waals surface area contributed by atoms with Gasteiger partial charge in [0.15, 0.2) is 5.82 Å². The Morgan fingerprint density at radius 1 is 1.25 bits per heavy atom. The molecule has 0 radical (unpaired) electrons. The highest BCUT2D eigenvalue weighted by Crippen LogP contribution is 2.40. The molecule has 0 spiro atoms. The molecule has 24 heavy (non-hydrogen) atoms. The molecule has 1 saturated carbocycles. The first-order valence-corrected chi connectivity index (χ1v) is 8.37. The number of aromatic nitrogens is 2. The lowest BCUT2D eigenvalue weighted by Crippen LogP contribution is -2.44. The Morgan fingerprint density at radius 3 is 2.58 bits per heavy atom. The monoisotopic (exact) mass is 365 g/mol. The van der Waals surface area contributed by atoms with Crippen molar-refractivity contribution in [3.05, 3.63) is 46.9 Å². The molecular weight excluding hydrogens is 349 g/mol. The first kappa shape index (κ1) is 17.1. The second-order valence-corrected chi connectivity index (χ2v) is 7.28.